The number of rotatable bonds is 4. The molecule has 1 aromatic carbocycles. The molecule has 5 nitrogen and oxygen atoms in total. The Morgan fingerprint density at radius 2 is 1.96 bits per heavy atom. The zero-order valence-electron chi connectivity index (χ0n) is 15.5. The number of likely N-dealkylation sites (tertiary alicyclic amines) is 1. The molecular formula is C20H29N3O2. The summed E-state index contributed by atoms with van der Waals surface area (Å²) in [5.74, 6) is 0.294. The number of hydrogen-bond donors (Lipinski definition) is 1. The molecule has 0 aromatic heterocycles. The highest BCUT2D eigenvalue weighted by Crippen LogP contribution is 2.46. The van der Waals surface area contributed by atoms with Gasteiger partial charge >= 0.3 is 0 Å². The molecule has 1 aliphatic carbocycles. The zero-order valence-corrected chi connectivity index (χ0v) is 15.5. The number of hydrogen-bond acceptors (Lipinski definition) is 3. The smallest absolute Gasteiger partial charge is 0.228 e. The summed E-state index contributed by atoms with van der Waals surface area (Å²) in [4.78, 5) is 29.1. The van der Waals surface area contributed by atoms with Crippen LogP contribution in [-0.4, -0.2) is 43.9 Å². The SMILES string of the molecule is CN(C)c1ccc(CNC(=O)[C@@]23CCCC[C@H]2N(C)C(=O)CC3)cc1. The molecule has 0 radical (unpaired) electrons. The number of anilines is 1. The Morgan fingerprint density at radius 1 is 1.24 bits per heavy atom. The molecule has 25 heavy (non-hydrogen) atoms. The summed E-state index contributed by atoms with van der Waals surface area (Å²) in [6, 6.07) is 8.30. The van der Waals surface area contributed by atoms with E-state index in [2.05, 4.69) is 34.5 Å². The minimum atomic E-state index is -0.398. The van der Waals surface area contributed by atoms with Gasteiger partial charge in [0.15, 0.2) is 0 Å². The van der Waals surface area contributed by atoms with Gasteiger partial charge in [0.2, 0.25) is 11.8 Å². The van der Waals surface area contributed by atoms with E-state index in [1.807, 2.05) is 26.0 Å². The van der Waals surface area contributed by atoms with Gasteiger partial charge in [0.25, 0.3) is 0 Å². The first-order chi connectivity index (χ1) is 11.9. The van der Waals surface area contributed by atoms with Crippen LogP contribution in [0.15, 0.2) is 24.3 Å². The first kappa shape index (κ1) is 17.8. The summed E-state index contributed by atoms with van der Waals surface area (Å²) in [6.45, 7) is 0.540. The summed E-state index contributed by atoms with van der Waals surface area (Å²) in [5.41, 5.74) is 1.85. The van der Waals surface area contributed by atoms with Crippen LogP contribution in [0.1, 0.15) is 44.1 Å². The molecule has 2 aliphatic rings. The molecule has 0 spiro atoms. The van der Waals surface area contributed by atoms with E-state index in [1.54, 1.807) is 0 Å². The standard InChI is InChI=1S/C20H29N3O2/c1-22(2)16-9-7-15(8-10-16)14-21-19(25)20-12-5-4-6-17(20)23(3)18(24)11-13-20/h7-10,17H,4-6,11-14H2,1-3H3,(H,21,25)/t17-,20-/m1/s1. The van der Waals surface area contributed by atoms with Crippen LogP contribution in [-0.2, 0) is 16.1 Å². The molecule has 1 N–H and O–H groups in total. The predicted octanol–water partition coefficient (Wildman–Crippen LogP) is 2.55. The number of amides is 2. The van der Waals surface area contributed by atoms with E-state index in [-0.39, 0.29) is 17.9 Å². The molecule has 1 aromatic rings. The van der Waals surface area contributed by atoms with E-state index in [0.717, 1.165) is 36.9 Å². The molecule has 1 aliphatic heterocycles. The van der Waals surface area contributed by atoms with Gasteiger partial charge in [-0.05, 0) is 37.0 Å². The molecule has 0 bridgehead atoms. The van der Waals surface area contributed by atoms with Gasteiger partial charge in [-0.1, -0.05) is 25.0 Å². The van der Waals surface area contributed by atoms with Crippen LogP contribution in [0.5, 0.6) is 0 Å². The maximum atomic E-state index is 13.1. The normalized spacial score (nSPS) is 26.1. The van der Waals surface area contributed by atoms with Crippen molar-refractivity contribution in [1.29, 1.82) is 0 Å². The zero-order chi connectivity index (χ0) is 18.0. The maximum absolute atomic E-state index is 13.1. The Morgan fingerprint density at radius 3 is 2.64 bits per heavy atom. The average molecular weight is 343 g/mol. The fourth-order valence-electron chi connectivity index (χ4n) is 4.41. The third kappa shape index (κ3) is 3.37. The fourth-order valence-corrected chi connectivity index (χ4v) is 4.41. The lowest BCUT2D eigenvalue weighted by Gasteiger charge is -2.50. The van der Waals surface area contributed by atoms with Gasteiger partial charge in [-0.15, -0.1) is 0 Å². The fraction of sp³-hybridized carbons (Fsp3) is 0.600. The second-order valence-corrected chi connectivity index (χ2v) is 7.67. The average Bonchev–Trinajstić information content (AvgIpc) is 2.63. The molecule has 2 fully saturated rings. The lowest BCUT2D eigenvalue weighted by Crippen LogP contribution is -2.60. The number of nitrogens with one attached hydrogen (secondary N) is 1. The third-order valence-electron chi connectivity index (χ3n) is 5.99. The minimum Gasteiger partial charge on any atom is -0.378 e. The van der Waals surface area contributed by atoms with E-state index in [4.69, 9.17) is 0 Å². The Labute approximate surface area is 150 Å². The molecule has 1 saturated heterocycles. The molecule has 5 heteroatoms. The van der Waals surface area contributed by atoms with Gasteiger partial charge < -0.3 is 15.1 Å². The molecule has 0 unspecified atom stereocenters. The van der Waals surface area contributed by atoms with Crippen molar-refractivity contribution in [3.05, 3.63) is 29.8 Å². The van der Waals surface area contributed by atoms with Gasteiger partial charge in [-0.2, -0.15) is 0 Å². The summed E-state index contributed by atoms with van der Waals surface area (Å²) in [6.07, 6.45) is 5.17. The van der Waals surface area contributed by atoms with Crippen molar-refractivity contribution in [2.24, 2.45) is 5.41 Å². The van der Waals surface area contributed by atoms with Gasteiger partial charge in [0, 0.05) is 45.8 Å². The van der Waals surface area contributed by atoms with Crippen LogP contribution in [0.3, 0.4) is 0 Å². The maximum Gasteiger partial charge on any atom is 0.228 e. The van der Waals surface area contributed by atoms with Crippen molar-refractivity contribution < 1.29 is 9.59 Å². The molecule has 3 rings (SSSR count). The van der Waals surface area contributed by atoms with Gasteiger partial charge in [-0.25, -0.2) is 0 Å². The summed E-state index contributed by atoms with van der Waals surface area (Å²) in [7, 11) is 5.89. The quantitative estimate of drug-likeness (QED) is 0.914. The Hall–Kier alpha value is -2.04. The number of nitrogens with zero attached hydrogens (tertiary/aromatic N) is 2. The first-order valence-electron chi connectivity index (χ1n) is 9.24. The van der Waals surface area contributed by atoms with Crippen LogP contribution >= 0.6 is 0 Å². The van der Waals surface area contributed by atoms with Crippen molar-refractivity contribution in [2.45, 2.75) is 51.1 Å². The van der Waals surface area contributed by atoms with Gasteiger partial charge in [-0.3, -0.25) is 9.59 Å². The Bertz CT molecular complexity index is 641. The van der Waals surface area contributed by atoms with E-state index in [1.165, 1.54) is 0 Å². The molecule has 1 saturated carbocycles. The number of piperidine rings is 1. The monoisotopic (exact) mass is 343 g/mol. The molecule has 2 amide bonds. The molecule has 1 heterocycles. The molecule has 136 valence electrons. The summed E-state index contributed by atoms with van der Waals surface area (Å²) < 4.78 is 0. The van der Waals surface area contributed by atoms with Crippen molar-refractivity contribution >= 4 is 17.5 Å². The third-order valence-corrected chi connectivity index (χ3v) is 5.99. The van der Waals surface area contributed by atoms with Crippen molar-refractivity contribution in [3.63, 3.8) is 0 Å². The van der Waals surface area contributed by atoms with E-state index < -0.39 is 5.41 Å². The Balaban J connectivity index is 1.69. The van der Waals surface area contributed by atoms with E-state index >= 15 is 0 Å². The number of benzene rings is 1. The Kier molecular flexibility index (Phi) is 5.02. The summed E-state index contributed by atoms with van der Waals surface area (Å²) >= 11 is 0. The van der Waals surface area contributed by atoms with Crippen LogP contribution in [0.2, 0.25) is 0 Å². The van der Waals surface area contributed by atoms with Crippen molar-refractivity contribution in [2.75, 3.05) is 26.0 Å². The van der Waals surface area contributed by atoms with Crippen molar-refractivity contribution in [3.8, 4) is 0 Å². The van der Waals surface area contributed by atoms with Gasteiger partial charge in [0.1, 0.15) is 0 Å². The summed E-state index contributed by atoms with van der Waals surface area (Å²) in [5, 5.41) is 3.15. The second-order valence-electron chi connectivity index (χ2n) is 7.67. The van der Waals surface area contributed by atoms with Crippen LogP contribution < -0.4 is 10.2 Å². The highest BCUT2D eigenvalue weighted by atomic mass is 16.2. The number of fused-ring (bicyclic) bond motifs is 1. The highest BCUT2D eigenvalue weighted by molar-refractivity contribution is 5.87. The van der Waals surface area contributed by atoms with E-state index in [0.29, 0.717) is 19.4 Å². The van der Waals surface area contributed by atoms with Gasteiger partial charge in [0.05, 0.1) is 5.41 Å². The largest absolute Gasteiger partial charge is 0.378 e. The minimum absolute atomic E-state index is 0.0543. The van der Waals surface area contributed by atoms with Crippen LogP contribution in [0.25, 0.3) is 0 Å². The van der Waals surface area contributed by atoms with Crippen molar-refractivity contribution in [1.82, 2.24) is 10.2 Å². The lowest BCUT2D eigenvalue weighted by molar-refractivity contribution is -0.153. The number of carbonyl (C=O) groups excluding carboxylic acids is 2. The molecular weight excluding hydrogens is 314 g/mol. The predicted molar refractivity (Wildman–Crippen MR) is 99.3 cm³/mol. The van der Waals surface area contributed by atoms with Crippen LogP contribution in [0, 0.1) is 5.41 Å². The number of carbonyl (C=O) groups is 2. The van der Waals surface area contributed by atoms with E-state index in [9.17, 15) is 9.59 Å². The second kappa shape index (κ2) is 7.06. The first-order valence-corrected chi connectivity index (χ1v) is 9.24. The molecule has 2 atom stereocenters. The lowest BCUT2D eigenvalue weighted by atomic mass is 9.64. The van der Waals surface area contributed by atoms with Crippen LogP contribution in [0.4, 0.5) is 5.69 Å². The highest BCUT2D eigenvalue weighted by Gasteiger charge is 2.52. The topological polar surface area (TPSA) is 52.7 Å².